The molecule has 2 fully saturated rings. The van der Waals surface area contributed by atoms with E-state index in [-0.39, 0.29) is 23.4 Å². The number of hydrogen-bond acceptors (Lipinski definition) is 4. The van der Waals surface area contributed by atoms with Crippen molar-refractivity contribution < 1.29 is 13.7 Å². The van der Waals surface area contributed by atoms with Gasteiger partial charge in [0.1, 0.15) is 0 Å². The summed E-state index contributed by atoms with van der Waals surface area (Å²) in [5, 5.41) is 0.247. The van der Waals surface area contributed by atoms with E-state index in [4.69, 9.17) is 13.7 Å². The molecule has 6 heteroatoms. The third kappa shape index (κ3) is 4.20. The zero-order valence-electron chi connectivity index (χ0n) is 19.3. The Hall–Kier alpha value is -0.818. The second kappa shape index (κ2) is 7.15. The zero-order chi connectivity index (χ0) is 21.0. The fraction of sp³-hybridized carbons (Fsp3) is 0.727. The monoisotopic (exact) mass is 403 g/mol. The van der Waals surface area contributed by atoms with Gasteiger partial charge in [-0.25, -0.2) is 0 Å². The summed E-state index contributed by atoms with van der Waals surface area (Å²) >= 11 is 0. The first-order valence-electron chi connectivity index (χ1n) is 10.6. The summed E-state index contributed by atoms with van der Waals surface area (Å²) in [5.74, 6) is 0. The van der Waals surface area contributed by atoms with Crippen molar-refractivity contribution >= 4 is 26.6 Å². The number of benzene rings is 1. The van der Waals surface area contributed by atoms with Gasteiger partial charge >= 0.3 is 7.12 Å². The van der Waals surface area contributed by atoms with Gasteiger partial charge in [0.05, 0.1) is 17.3 Å². The van der Waals surface area contributed by atoms with Crippen LogP contribution < -0.4 is 10.4 Å². The zero-order valence-corrected chi connectivity index (χ0v) is 20.3. The lowest BCUT2D eigenvalue weighted by Crippen LogP contribution is -2.44. The van der Waals surface area contributed by atoms with E-state index >= 15 is 0 Å². The minimum Gasteiger partial charge on any atom is -0.412 e. The van der Waals surface area contributed by atoms with Crippen LogP contribution in [0.15, 0.2) is 24.3 Å². The first-order chi connectivity index (χ1) is 12.7. The quantitative estimate of drug-likeness (QED) is 0.689. The highest BCUT2D eigenvalue weighted by molar-refractivity contribution is 6.74. The molecule has 0 saturated carbocycles. The van der Waals surface area contributed by atoms with Gasteiger partial charge in [0.2, 0.25) is 0 Å². The van der Waals surface area contributed by atoms with Gasteiger partial charge < -0.3 is 18.6 Å². The highest BCUT2D eigenvalue weighted by Gasteiger charge is 2.51. The lowest BCUT2D eigenvalue weighted by atomic mass is 9.79. The minimum absolute atomic E-state index is 0.247. The Labute approximate surface area is 173 Å². The van der Waals surface area contributed by atoms with Crippen molar-refractivity contribution in [2.75, 3.05) is 18.0 Å². The molecule has 0 amide bonds. The normalized spacial score (nSPS) is 24.8. The molecule has 156 valence electrons. The average molecular weight is 403 g/mol. The first kappa shape index (κ1) is 21.9. The van der Waals surface area contributed by atoms with E-state index in [2.05, 4.69) is 90.7 Å². The van der Waals surface area contributed by atoms with Crippen LogP contribution in [-0.4, -0.2) is 45.8 Å². The Balaban J connectivity index is 1.69. The number of rotatable bonds is 4. The second-order valence-electron chi connectivity index (χ2n) is 10.9. The molecule has 2 saturated heterocycles. The molecular formula is C22H38BNO3Si. The van der Waals surface area contributed by atoms with Crippen LogP contribution in [0.25, 0.3) is 0 Å². The van der Waals surface area contributed by atoms with Crippen molar-refractivity contribution in [1.82, 2.24) is 0 Å². The van der Waals surface area contributed by atoms with Crippen molar-refractivity contribution in [3.8, 4) is 0 Å². The van der Waals surface area contributed by atoms with Gasteiger partial charge in [0, 0.05) is 18.8 Å². The van der Waals surface area contributed by atoms with Crippen LogP contribution in [-0.2, 0) is 13.7 Å². The number of nitrogens with zero attached hydrogens (tertiary/aromatic N) is 1. The molecule has 1 aromatic rings. The minimum atomic E-state index is -1.73. The third-order valence-electron chi connectivity index (χ3n) is 7.17. The van der Waals surface area contributed by atoms with Gasteiger partial charge in [-0.3, -0.25) is 0 Å². The SMILES string of the molecule is CC1(C)OB(c2cccc(N3CCC(O[Si](C)(C)C(C)(C)C)C3)c2)OC1(C)C. The predicted octanol–water partition coefficient (Wildman–Crippen LogP) is 4.59. The standard InChI is InChI=1S/C22H38BNO3Si/c1-20(2,3)28(8,9)25-19-13-14-24(16-19)18-12-10-11-17(15-18)23-26-21(4,5)22(6,7)27-23/h10-12,15,19H,13-14,16H2,1-9H3. The third-order valence-corrected chi connectivity index (χ3v) is 11.7. The maximum Gasteiger partial charge on any atom is 0.494 e. The molecule has 2 heterocycles. The maximum atomic E-state index is 6.65. The number of anilines is 1. The molecule has 1 atom stereocenters. The van der Waals surface area contributed by atoms with E-state index in [1.54, 1.807) is 0 Å². The van der Waals surface area contributed by atoms with Crippen LogP contribution >= 0.6 is 0 Å². The van der Waals surface area contributed by atoms with Gasteiger partial charge in [-0.05, 0) is 69.8 Å². The molecule has 2 aliphatic heterocycles. The Morgan fingerprint density at radius 3 is 2.29 bits per heavy atom. The maximum absolute atomic E-state index is 6.65. The van der Waals surface area contributed by atoms with Gasteiger partial charge in [0.15, 0.2) is 8.32 Å². The van der Waals surface area contributed by atoms with Crippen molar-refractivity contribution in [3.63, 3.8) is 0 Å². The van der Waals surface area contributed by atoms with Gasteiger partial charge in [-0.15, -0.1) is 0 Å². The molecule has 0 aromatic heterocycles. The molecule has 28 heavy (non-hydrogen) atoms. The van der Waals surface area contributed by atoms with E-state index in [1.807, 2.05) is 0 Å². The van der Waals surface area contributed by atoms with Gasteiger partial charge in [-0.2, -0.15) is 0 Å². The summed E-state index contributed by atoms with van der Waals surface area (Å²) in [6, 6.07) is 8.61. The molecule has 2 aliphatic rings. The molecule has 1 aromatic carbocycles. The molecule has 0 spiro atoms. The molecule has 0 radical (unpaired) electrons. The van der Waals surface area contributed by atoms with E-state index in [0.717, 1.165) is 25.0 Å². The van der Waals surface area contributed by atoms with Crippen molar-refractivity contribution in [2.45, 2.75) is 90.3 Å². The van der Waals surface area contributed by atoms with Crippen LogP contribution in [0.2, 0.25) is 18.1 Å². The van der Waals surface area contributed by atoms with Gasteiger partial charge in [0.25, 0.3) is 0 Å². The predicted molar refractivity (Wildman–Crippen MR) is 121 cm³/mol. The lowest BCUT2D eigenvalue weighted by molar-refractivity contribution is 0.00578. The first-order valence-corrected chi connectivity index (χ1v) is 13.5. The summed E-state index contributed by atoms with van der Waals surface area (Å²) in [4.78, 5) is 2.44. The molecule has 3 rings (SSSR count). The Morgan fingerprint density at radius 1 is 1.11 bits per heavy atom. The lowest BCUT2D eigenvalue weighted by Gasteiger charge is -2.38. The van der Waals surface area contributed by atoms with E-state index < -0.39 is 8.32 Å². The van der Waals surface area contributed by atoms with Crippen molar-refractivity contribution in [1.29, 1.82) is 0 Å². The summed E-state index contributed by atoms with van der Waals surface area (Å²) < 4.78 is 19.1. The van der Waals surface area contributed by atoms with E-state index in [1.165, 1.54) is 5.69 Å². The Morgan fingerprint density at radius 2 is 1.71 bits per heavy atom. The largest absolute Gasteiger partial charge is 0.494 e. The van der Waals surface area contributed by atoms with Crippen molar-refractivity contribution in [2.24, 2.45) is 0 Å². The Bertz CT molecular complexity index is 698. The smallest absolute Gasteiger partial charge is 0.412 e. The summed E-state index contributed by atoms with van der Waals surface area (Å²) in [7, 11) is -2.04. The van der Waals surface area contributed by atoms with Crippen molar-refractivity contribution in [3.05, 3.63) is 24.3 Å². The fourth-order valence-corrected chi connectivity index (χ4v) is 4.88. The van der Waals surface area contributed by atoms with Crippen LogP contribution in [0.4, 0.5) is 5.69 Å². The summed E-state index contributed by atoms with van der Waals surface area (Å²) in [6.07, 6.45) is 1.41. The number of hydrogen-bond donors (Lipinski definition) is 0. The Kier molecular flexibility index (Phi) is 5.59. The average Bonchev–Trinajstić information content (AvgIpc) is 3.08. The second-order valence-corrected chi connectivity index (χ2v) is 15.7. The summed E-state index contributed by atoms with van der Waals surface area (Å²) in [6.45, 7) is 22.0. The van der Waals surface area contributed by atoms with Crippen LogP contribution in [0, 0.1) is 0 Å². The molecule has 0 bridgehead atoms. The van der Waals surface area contributed by atoms with E-state index in [9.17, 15) is 0 Å². The van der Waals surface area contributed by atoms with Crippen LogP contribution in [0.1, 0.15) is 54.9 Å². The molecular weight excluding hydrogens is 365 g/mol. The highest BCUT2D eigenvalue weighted by atomic mass is 28.4. The highest BCUT2D eigenvalue weighted by Crippen LogP contribution is 2.39. The van der Waals surface area contributed by atoms with Crippen LogP contribution in [0.5, 0.6) is 0 Å². The fourth-order valence-electron chi connectivity index (χ4n) is 3.50. The van der Waals surface area contributed by atoms with Crippen LogP contribution in [0.3, 0.4) is 0 Å². The molecule has 4 nitrogen and oxygen atoms in total. The summed E-state index contributed by atoms with van der Waals surface area (Å²) in [5.41, 5.74) is 1.69. The molecule has 0 aliphatic carbocycles. The topological polar surface area (TPSA) is 30.9 Å². The molecule has 0 N–H and O–H groups in total. The van der Waals surface area contributed by atoms with Gasteiger partial charge in [-0.1, -0.05) is 32.9 Å². The van der Waals surface area contributed by atoms with E-state index in [0.29, 0.717) is 6.10 Å². The molecule has 1 unspecified atom stereocenters.